The van der Waals surface area contributed by atoms with E-state index in [0.29, 0.717) is 17.6 Å². The van der Waals surface area contributed by atoms with Crippen LogP contribution in [0.2, 0.25) is 0 Å². The third-order valence-corrected chi connectivity index (χ3v) is 4.85. The molecule has 0 saturated heterocycles. The van der Waals surface area contributed by atoms with Crippen molar-refractivity contribution >= 4 is 39.3 Å². The van der Waals surface area contributed by atoms with Crippen LogP contribution in [0.5, 0.6) is 0 Å². The second kappa shape index (κ2) is 8.98. The minimum atomic E-state index is -0.107. The van der Waals surface area contributed by atoms with E-state index in [4.69, 9.17) is 4.74 Å². The van der Waals surface area contributed by atoms with Gasteiger partial charge < -0.3 is 10.1 Å². The lowest BCUT2D eigenvalue weighted by Gasteiger charge is -2.10. The Bertz CT molecular complexity index is 886. The minimum absolute atomic E-state index is 0.107. The fraction of sp³-hybridized carbons (Fsp3) is 0.167. The Balaban J connectivity index is 1.72. The maximum absolute atomic E-state index is 12.2. The van der Waals surface area contributed by atoms with Crippen molar-refractivity contribution in [3.8, 4) is 5.69 Å². The predicted molar refractivity (Wildman–Crippen MR) is 106 cm³/mol. The van der Waals surface area contributed by atoms with E-state index in [0.717, 1.165) is 15.8 Å². The Morgan fingerprint density at radius 3 is 2.73 bits per heavy atom. The van der Waals surface area contributed by atoms with Gasteiger partial charge in [0.2, 0.25) is 5.91 Å². The maximum atomic E-state index is 12.2. The van der Waals surface area contributed by atoms with Crippen molar-refractivity contribution in [3.05, 3.63) is 64.9 Å². The molecule has 1 N–H and O–H groups in total. The molecule has 0 bridgehead atoms. The number of hydrogen-bond donors (Lipinski definition) is 1. The molecule has 0 fully saturated rings. The van der Waals surface area contributed by atoms with Crippen molar-refractivity contribution in [3.63, 3.8) is 0 Å². The van der Waals surface area contributed by atoms with Gasteiger partial charge in [-0.05, 0) is 30.3 Å². The van der Waals surface area contributed by atoms with E-state index in [1.54, 1.807) is 7.11 Å². The highest BCUT2D eigenvalue weighted by Crippen LogP contribution is 2.23. The molecule has 2 aromatic carbocycles. The van der Waals surface area contributed by atoms with Crippen LogP contribution in [0, 0.1) is 0 Å². The van der Waals surface area contributed by atoms with Gasteiger partial charge in [-0.1, -0.05) is 52.0 Å². The Kier molecular flexibility index (Phi) is 6.43. The molecule has 0 radical (unpaired) electrons. The molecular formula is C18H17BrN4O2S. The van der Waals surface area contributed by atoms with Crippen molar-refractivity contribution in [2.75, 3.05) is 18.2 Å². The maximum Gasteiger partial charge on any atom is 0.234 e. The number of carbonyl (C=O) groups excluding carboxylic acids is 1. The number of ether oxygens (including phenoxy) is 1. The molecule has 26 heavy (non-hydrogen) atoms. The number of halogens is 1. The van der Waals surface area contributed by atoms with Crippen LogP contribution in [-0.4, -0.2) is 33.5 Å². The highest BCUT2D eigenvalue weighted by Gasteiger charge is 2.15. The number of para-hydroxylation sites is 1. The summed E-state index contributed by atoms with van der Waals surface area (Å²) in [5.74, 6) is 0.808. The zero-order chi connectivity index (χ0) is 18.4. The van der Waals surface area contributed by atoms with Gasteiger partial charge in [0, 0.05) is 23.0 Å². The average molecular weight is 433 g/mol. The Morgan fingerprint density at radius 2 is 2.00 bits per heavy atom. The molecule has 1 aromatic heterocycles. The molecule has 8 heteroatoms. The number of aromatic nitrogens is 3. The summed E-state index contributed by atoms with van der Waals surface area (Å²) in [5.41, 5.74) is 1.68. The quantitative estimate of drug-likeness (QED) is 0.573. The van der Waals surface area contributed by atoms with Crippen LogP contribution in [0.4, 0.5) is 5.69 Å². The number of rotatable bonds is 7. The molecule has 0 saturated carbocycles. The Hall–Kier alpha value is -2.16. The second-order valence-electron chi connectivity index (χ2n) is 5.35. The van der Waals surface area contributed by atoms with E-state index in [-0.39, 0.29) is 11.7 Å². The van der Waals surface area contributed by atoms with Gasteiger partial charge in [0.1, 0.15) is 6.61 Å². The number of hydrogen-bond acceptors (Lipinski definition) is 5. The molecule has 1 amide bonds. The molecule has 0 aliphatic heterocycles. The third kappa shape index (κ3) is 4.72. The smallest absolute Gasteiger partial charge is 0.234 e. The zero-order valence-electron chi connectivity index (χ0n) is 14.1. The van der Waals surface area contributed by atoms with Crippen LogP contribution in [-0.2, 0) is 16.1 Å². The summed E-state index contributed by atoms with van der Waals surface area (Å²) in [6.07, 6.45) is 0. The molecule has 3 aromatic rings. The van der Waals surface area contributed by atoms with Gasteiger partial charge >= 0.3 is 0 Å². The number of carbonyl (C=O) groups is 1. The van der Waals surface area contributed by atoms with E-state index in [2.05, 4.69) is 31.4 Å². The molecule has 0 atom stereocenters. The minimum Gasteiger partial charge on any atom is -0.377 e. The lowest BCUT2D eigenvalue weighted by molar-refractivity contribution is -0.113. The lowest BCUT2D eigenvalue weighted by atomic mass is 10.3. The van der Waals surface area contributed by atoms with Gasteiger partial charge in [-0.3, -0.25) is 9.36 Å². The van der Waals surface area contributed by atoms with Gasteiger partial charge in [0.05, 0.1) is 5.75 Å². The van der Waals surface area contributed by atoms with Crippen LogP contribution in [0.1, 0.15) is 5.82 Å². The Morgan fingerprint density at radius 1 is 1.19 bits per heavy atom. The van der Waals surface area contributed by atoms with E-state index in [1.165, 1.54) is 11.8 Å². The Labute approximate surface area is 164 Å². The predicted octanol–water partition coefficient (Wildman–Crippen LogP) is 3.91. The molecule has 6 nitrogen and oxygen atoms in total. The molecule has 134 valence electrons. The van der Waals surface area contributed by atoms with Gasteiger partial charge in [-0.25, -0.2) is 0 Å². The normalized spacial score (nSPS) is 10.7. The highest BCUT2D eigenvalue weighted by atomic mass is 79.9. The summed E-state index contributed by atoms with van der Waals surface area (Å²) in [4.78, 5) is 12.2. The lowest BCUT2D eigenvalue weighted by Crippen LogP contribution is -2.14. The fourth-order valence-corrected chi connectivity index (χ4v) is 3.52. The number of anilines is 1. The summed E-state index contributed by atoms with van der Waals surface area (Å²) >= 11 is 4.72. The van der Waals surface area contributed by atoms with Crippen LogP contribution >= 0.6 is 27.7 Å². The number of nitrogens with zero attached hydrogens (tertiary/aromatic N) is 3. The molecular weight excluding hydrogens is 416 g/mol. The molecule has 0 unspecified atom stereocenters. The van der Waals surface area contributed by atoms with Crippen molar-refractivity contribution in [2.45, 2.75) is 11.8 Å². The first-order valence-corrected chi connectivity index (χ1v) is 9.62. The summed E-state index contributed by atoms with van der Waals surface area (Å²) < 4.78 is 8.02. The number of methoxy groups -OCH3 is 1. The van der Waals surface area contributed by atoms with Crippen molar-refractivity contribution in [2.24, 2.45) is 0 Å². The third-order valence-electron chi connectivity index (χ3n) is 3.43. The standard InChI is InChI=1S/C18H17BrN4O2S/c1-25-11-16-21-22-18(23(16)15-8-3-2-4-9-15)26-12-17(24)20-14-7-5-6-13(19)10-14/h2-10H,11-12H2,1H3,(H,20,24). The van der Waals surface area contributed by atoms with Gasteiger partial charge in [-0.2, -0.15) is 0 Å². The number of nitrogens with one attached hydrogen (secondary N) is 1. The largest absolute Gasteiger partial charge is 0.377 e. The second-order valence-corrected chi connectivity index (χ2v) is 7.21. The summed E-state index contributed by atoms with van der Waals surface area (Å²) in [5, 5.41) is 11.9. The first-order chi connectivity index (χ1) is 12.7. The number of benzene rings is 2. The summed E-state index contributed by atoms with van der Waals surface area (Å²) in [6.45, 7) is 0.340. The molecule has 1 heterocycles. The van der Waals surface area contributed by atoms with Crippen molar-refractivity contribution in [1.29, 1.82) is 0 Å². The first kappa shape index (κ1) is 18.6. The van der Waals surface area contributed by atoms with Crippen LogP contribution < -0.4 is 5.32 Å². The van der Waals surface area contributed by atoms with Gasteiger partial charge in [0.15, 0.2) is 11.0 Å². The van der Waals surface area contributed by atoms with Gasteiger partial charge in [0.25, 0.3) is 0 Å². The zero-order valence-corrected chi connectivity index (χ0v) is 16.5. The van der Waals surface area contributed by atoms with Crippen molar-refractivity contribution in [1.82, 2.24) is 14.8 Å². The van der Waals surface area contributed by atoms with Crippen LogP contribution in [0.25, 0.3) is 5.69 Å². The first-order valence-electron chi connectivity index (χ1n) is 7.84. The molecule has 0 aliphatic carbocycles. The van der Waals surface area contributed by atoms with E-state index in [1.807, 2.05) is 59.2 Å². The average Bonchev–Trinajstić information content (AvgIpc) is 3.04. The highest BCUT2D eigenvalue weighted by molar-refractivity contribution is 9.10. The summed E-state index contributed by atoms with van der Waals surface area (Å²) in [7, 11) is 1.61. The van der Waals surface area contributed by atoms with Crippen LogP contribution in [0.3, 0.4) is 0 Å². The number of amides is 1. The van der Waals surface area contributed by atoms with E-state index >= 15 is 0 Å². The van der Waals surface area contributed by atoms with E-state index < -0.39 is 0 Å². The topological polar surface area (TPSA) is 69.0 Å². The van der Waals surface area contributed by atoms with E-state index in [9.17, 15) is 4.79 Å². The fourth-order valence-electron chi connectivity index (χ4n) is 2.35. The van der Waals surface area contributed by atoms with Crippen molar-refractivity contribution < 1.29 is 9.53 Å². The molecule has 0 spiro atoms. The monoisotopic (exact) mass is 432 g/mol. The van der Waals surface area contributed by atoms with Gasteiger partial charge in [-0.15, -0.1) is 10.2 Å². The molecule has 0 aliphatic rings. The summed E-state index contributed by atoms with van der Waals surface area (Å²) in [6, 6.07) is 17.2. The SMILES string of the molecule is COCc1nnc(SCC(=O)Nc2cccc(Br)c2)n1-c1ccccc1. The molecule has 3 rings (SSSR count). The van der Waals surface area contributed by atoms with Crippen LogP contribution in [0.15, 0.2) is 64.2 Å². The number of thioether (sulfide) groups is 1.